The summed E-state index contributed by atoms with van der Waals surface area (Å²) in [5.41, 5.74) is 4.87. The summed E-state index contributed by atoms with van der Waals surface area (Å²) in [7, 11) is 0. The third-order valence-electron chi connectivity index (χ3n) is 5.93. The number of hydrogen-bond donors (Lipinski definition) is 2. The topological polar surface area (TPSA) is 61.0 Å². The third kappa shape index (κ3) is 4.16. The van der Waals surface area contributed by atoms with Crippen molar-refractivity contribution < 1.29 is 4.79 Å². The molecule has 0 bridgehead atoms. The first kappa shape index (κ1) is 19.9. The van der Waals surface area contributed by atoms with Gasteiger partial charge in [0, 0.05) is 35.0 Å². The highest BCUT2D eigenvalue weighted by molar-refractivity contribution is 6.34. The number of anilines is 1. The van der Waals surface area contributed by atoms with Gasteiger partial charge >= 0.3 is 0 Å². The van der Waals surface area contributed by atoms with Gasteiger partial charge in [-0.05, 0) is 74.2 Å². The van der Waals surface area contributed by atoms with E-state index in [2.05, 4.69) is 40.1 Å². The van der Waals surface area contributed by atoms with Gasteiger partial charge in [-0.15, -0.1) is 0 Å². The molecule has 0 saturated carbocycles. The van der Waals surface area contributed by atoms with Crippen LogP contribution in [0.25, 0.3) is 10.9 Å². The Kier molecular flexibility index (Phi) is 5.88. The number of aromatic nitrogens is 2. The standard InChI is InChI=1S/C23H27ClN4O/c1-3-28(4-2)14-15-7-9-20-17(12-15)18-13-16(8-10-21(18)27-20)26-23(29)22-19(24)6-5-11-25-22/h5-6,8,10-11,13,15,27H,3-4,7,9,12,14H2,1-2H3,(H,26,29). The molecule has 1 aliphatic rings. The molecule has 29 heavy (non-hydrogen) atoms. The highest BCUT2D eigenvalue weighted by atomic mass is 35.5. The van der Waals surface area contributed by atoms with Crippen molar-refractivity contribution in [2.45, 2.75) is 33.1 Å². The zero-order chi connectivity index (χ0) is 20.4. The van der Waals surface area contributed by atoms with Crippen LogP contribution in [0.5, 0.6) is 0 Å². The van der Waals surface area contributed by atoms with E-state index in [1.54, 1.807) is 18.3 Å². The predicted molar refractivity (Wildman–Crippen MR) is 119 cm³/mol. The summed E-state index contributed by atoms with van der Waals surface area (Å²) in [6, 6.07) is 9.42. The lowest BCUT2D eigenvalue weighted by molar-refractivity contribution is 0.102. The first-order chi connectivity index (χ1) is 14.1. The molecular weight excluding hydrogens is 384 g/mol. The molecular formula is C23H27ClN4O. The number of halogens is 1. The zero-order valence-corrected chi connectivity index (χ0v) is 17.7. The Morgan fingerprint density at radius 2 is 2.14 bits per heavy atom. The van der Waals surface area contributed by atoms with Crippen LogP contribution in [0.3, 0.4) is 0 Å². The van der Waals surface area contributed by atoms with E-state index >= 15 is 0 Å². The van der Waals surface area contributed by atoms with Crippen LogP contribution in [-0.4, -0.2) is 40.4 Å². The maximum Gasteiger partial charge on any atom is 0.275 e. The summed E-state index contributed by atoms with van der Waals surface area (Å²) in [5.74, 6) is 0.380. The largest absolute Gasteiger partial charge is 0.358 e. The maximum absolute atomic E-state index is 12.6. The van der Waals surface area contributed by atoms with Crippen molar-refractivity contribution in [3.05, 3.63) is 58.5 Å². The van der Waals surface area contributed by atoms with E-state index in [0.29, 0.717) is 10.9 Å². The molecule has 1 amide bonds. The second-order valence-electron chi connectivity index (χ2n) is 7.73. The molecule has 0 aliphatic heterocycles. The number of benzene rings is 1. The highest BCUT2D eigenvalue weighted by Gasteiger charge is 2.24. The second kappa shape index (κ2) is 8.56. The Labute approximate surface area is 176 Å². The zero-order valence-electron chi connectivity index (χ0n) is 17.0. The van der Waals surface area contributed by atoms with E-state index in [4.69, 9.17) is 11.6 Å². The van der Waals surface area contributed by atoms with Crippen molar-refractivity contribution >= 4 is 34.1 Å². The van der Waals surface area contributed by atoms with E-state index in [-0.39, 0.29) is 11.6 Å². The third-order valence-corrected chi connectivity index (χ3v) is 6.24. The molecule has 1 unspecified atom stereocenters. The Balaban J connectivity index is 1.57. The molecule has 4 rings (SSSR count). The molecule has 0 radical (unpaired) electrons. The lowest BCUT2D eigenvalue weighted by Crippen LogP contribution is -2.31. The smallest absolute Gasteiger partial charge is 0.275 e. The highest BCUT2D eigenvalue weighted by Crippen LogP contribution is 2.33. The minimum absolute atomic E-state index is 0.240. The molecule has 2 aromatic heterocycles. The van der Waals surface area contributed by atoms with Crippen LogP contribution in [0.2, 0.25) is 5.02 Å². The number of aryl methyl sites for hydroxylation is 1. The number of carbonyl (C=O) groups is 1. The molecule has 1 aliphatic carbocycles. The second-order valence-corrected chi connectivity index (χ2v) is 8.13. The molecule has 0 fully saturated rings. The molecule has 6 heteroatoms. The van der Waals surface area contributed by atoms with Gasteiger partial charge in [-0.2, -0.15) is 0 Å². The molecule has 152 valence electrons. The Bertz CT molecular complexity index is 1020. The molecule has 2 heterocycles. The molecule has 1 aromatic carbocycles. The lowest BCUT2D eigenvalue weighted by Gasteiger charge is -2.28. The van der Waals surface area contributed by atoms with E-state index < -0.39 is 0 Å². The van der Waals surface area contributed by atoms with E-state index in [9.17, 15) is 4.79 Å². The van der Waals surface area contributed by atoms with Gasteiger partial charge in [-0.25, -0.2) is 4.98 Å². The molecule has 5 nitrogen and oxygen atoms in total. The number of nitrogens with zero attached hydrogens (tertiary/aromatic N) is 2. The predicted octanol–water partition coefficient (Wildman–Crippen LogP) is 4.92. The quantitative estimate of drug-likeness (QED) is 0.606. The molecule has 3 aromatic rings. The Morgan fingerprint density at radius 1 is 1.31 bits per heavy atom. The van der Waals surface area contributed by atoms with Gasteiger partial charge in [0.1, 0.15) is 5.69 Å². The lowest BCUT2D eigenvalue weighted by atomic mass is 9.86. The minimum atomic E-state index is -0.293. The van der Waals surface area contributed by atoms with Crippen molar-refractivity contribution in [3.63, 3.8) is 0 Å². The summed E-state index contributed by atoms with van der Waals surface area (Å²) >= 11 is 6.11. The fourth-order valence-corrected chi connectivity index (χ4v) is 4.52. The summed E-state index contributed by atoms with van der Waals surface area (Å²) in [6.45, 7) is 7.80. The van der Waals surface area contributed by atoms with Crippen molar-refractivity contribution in [1.29, 1.82) is 0 Å². The number of pyridine rings is 1. The van der Waals surface area contributed by atoms with Crippen LogP contribution < -0.4 is 5.32 Å². The first-order valence-corrected chi connectivity index (χ1v) is 10.7. The van der Waals surface area contributed by atoms with Crippen LogP contribution in [0.4, 0.5) is 5.69 Å². The van der Waals surface area contributed by atoms with E-state index in [0.717, 1.165) is 43.7 Å². The number of fused-ring (bicyclic) bond motifs is 3. The SMILES string of the molecule is CCN(CC)CC1CCc2[nH]c3ccc(NC(=O)c4ncccc4Cl)cc3c2C1. The number of H-pyrrole nitrogens is 1. The monoisotopic (exact) mass is 410 g/mol. The minimum Gasteiger partial charge on any atom is -0.358 e. The fraction of sp³-hybridized carbons (Fsp3) is 0.391. The van der Waals surface area contributed by atoms with Crippen molar-refractivity contribution in [3.8, 4) is 0 Å². The van der Waals surface area contributed by atoms with Crippen LogP contribution in [0.1, 0.15) is 42.0 Å². The molecule has 0 saturated heterocycles. The van der Waals surface area contributed by atoms with Gasteiger partial charge < -0.3 is 15.2 Å². The van der Waals surface area contributed by atoms with Gasteiger partial charge in [0.05, 0.1) is 5.02 Å². The number of nitrogens with one attached hydrogen (secondary N) is 2. The number of amides is 1. The number of hydrogen-bond acceptors (Lipinski definition) is 3. The van der Waals surface area contributed by atoms with Crippen molar-refractivity contribution in [1.82, 2.24) is 14.9 Å². The number of rotatable bonds is 6. The first-order valence-electron chi connectivity index (χ1n) is 10.4. The molecule has 2 N–H and O–H groups in total. The summed E-state index contributed by atoms with van der Waals surface area (Å²) in [4.78, 5) is 22.7. The van der Waals surface area contributed by atoms with Crippen LogP contribution in [-0.2, 0) is 12.8 Å². The fourth-order valence-electron chi connectivity index (χ4n) is 4.31. The van der Waals surface area contributed by atoms with Gasteiger partial charge in [-0.3, -0.25) is 4.79 Å². The van der Waals surface area contributed by atoms with Crippen molar-refractivity contribution in [2.24, 2.45) is 5.92 Å². The van der Waals surface area contributed by atoms with Gasteiger partial charge in [-0.1, -0.05) is 25.4 Å². The Morgan fingerprint density at radius 3 is 2.90 bits per heavy atom. The number of carbonyl (C=O) groups excluding carboxylic acids is 1. The Hall–Kier alpha value is -2.37. The van der Waals surface area contributed by atoms with Gasteiger partial charge in [0.2, 0.25) is 0 Å². The van der Waals surface area contributed by atoms with E-state index in [1.807, 2.05) is 12.1 Å². The van der Waals surface area contributed by atoms with Crippen molar-refractivity contribution in [2.75, 3.05) is 25.0 Å². The average Bonchev–Trinajstić information content (AvgIpc) is 3.09. The molecule has 0 spiro atoms. The van der Waals surface area contributed by atoms with Crippen LogP contribution in [0.15, 0.2) is 36.5 Å². The van der Waals surface area contributed by atoms with Gasteiger partial charge in [0.25, 0.3) is 5.91 Å². The normalized spacial score (nSPS) is 16.2. The number of aromatic amines is 1. The van der Waals surface area contributed by atoms with Gasteiger partial charge in [0.15, 0.2) is 0 Å². The van der Waals surface area contributed by atoms with Crippen LogP contribution >= 0.6 is 11.6 Å². The summed E-state index contributed by atoms with van der Waals surface area (Å²) in [5, 5.41) is 4.50. The summed E-state index contributed by atoms with van der Waals surface area (Å²) in [6.07, 6.45) is 4.96. The summed E-state index contributed by atoms with van der Waals surface area (Å²) < 4.78 is 0. The maximum atomic E-state index is 12.6. The van der Waals surface area contributed by atoms with Crippen LogP contribution in [0, 0.1) is 5.92 Å². The van der Waals surface area contributed by atoms with E-state index in [1.165, 1.54) is 23.1 Å². The average molecular weight is 411 g/mol. The molecule has 1 atom stereocenters.